The highest BCUT2D eigenvalue weighted by Gasteiger charge is 2.37. The molecule has 28 heavy (non-hydrogen) atoms. The van der Waals surface area contributed by atoms with Crippen LogP contribution in [0.3, 0.4) is 0 Å². The number of carbonyl (C=O) groups is 2. The maximum absolute atomic E-state index is 13.1. The van der Waals surface area contributed by atoms with Gasteiger partial charge in [-0.15, -0.1) is 0 Å². The molecule has 1 aromatic rings. The van der Waals surface area contributed by atoms with Gasteiger partial charge in [0.2, 0.25) is 11.8 Å². The fourth-order valence-corrected chi connectivity index (χ4v) is 4.46. The molecule has 0 aromatic carbocycles. The van der Waals surface area contributed by atoms with E-state index in [1.807, 2.05) is 17.0 Å². The largest absolute Gasteiger partial charge is 0.467 e. The van der Waals surface area contributed by atoms with Crippen molar-refractivity contribution in [2.75, 3.05) is 26.2 Å². The second-order valence-corrected chi connectivity index (χ2v) is 9.44. The number of carbonyl (C=O) groups excluding carboxylic acids is 2. The van der Waals surface area contributed by atoms with E-state index in [-0.39, 0.29) is 23.3 Å². The molecule has 0 spiro atoms. The molecule has 1 aliphatic carbocycles. The van der Waals surface area contributed by atoms with Crippen LogP contribution >= 0.6 is 0 Å². The number of nitrogens with one attached hydrogen (secondary N) is 1. The summed E-state index contributed by atoms with van der Waals surface area (Å²) in [4.78, 5) is 29.9. The number of rotatable bonds is 6. The molecule has 0 unspecified atom stereocenters. The van der Waals surface area contributed by atoms with Gasteiger partial charge < -0.3 is 14.6 Å². The molecule has 2 heterocycles. The lowest BCUT2D eigenvalue weighted by atomic mass is 9.91. The molecule has 2 fully saturated rings. The van der Waals surface area contributed by atoms with Gasteiger partial charge in [0.25, 0.3) is 0 Å². The van der Waals surface area contributed by atoms with Gasteiger partial charge in [-0.3, -0.25) is 14.5 Å². The average molecular weight is 390 g/mol. The molecule has 1 aromatic heterocycles. The van der Waals surface area contributed by atoms with E-state index in [1.54, 1.807) is 6.26 Å². The first-order valence-electron chi connectivity index (χ1n) is 10.7. The van der Waals surface area contributed by atoms with Gasteiger partial charge in [-0.1, -0.05) is 33.6 Å². The summed E-state index contributed by atoms with van der Waals surface area (Å²) in [5.41, 5.74) is 0.00629. The molecule has 1 saturated heterocycles. The Kier molecular flexibility index (Phi) is 6.81. The van der Waals surface area contributed by atoms with Crippen molar-refractivity contribution in [1.29, 1.82) is 0 Å². The van der Waals surface area contributed by atoms with Crippen LogP contribution in [-0.4, -0.2) is 53.8 Å². The van der Waals surface area contributed by atoms with Crippen LogP contribution in [0.4, 0.5) is 0 Å². The second-order valence-electron chi connectivity index (χ2n) is 9.44. The Hall–Kier alpha value is -1.82. The quantitative estimate of drug-likeness (QED) is 0.812. The van der Waals surface area contributed by atoms with Gasteiger partial charge in [0.05, 0.1) is 18.8 Å². The molecule has 0 bridgehead atoms. The second kappa shape index (κ2) is 9.12. The molecule has 3 rings (SSSR count). The van der Waals surface area contributed by atoms with Gasteiger partial charge in [0.1, 0.15) is 5.76 Å². The highest BCUT2D eigenvalue weighted by Crippen LogP contribution is 2.31. The molecule has 156 valence electrons. The Balaban J connectivity index is 1.58. The van der Waals surface area contributed by atoms with Crippen LogP contribution in [0.2, 0.25) is 0 Å². The van der Waals surface area contributed by atoms with E-state index in [1.165, 1.54) is 12.8 Å². The van der Waals surface area contributed by atoms with Crippen molar-refractivity contribution >= 4 is 11.8 Å². The van der Waals surface area contributed by atoms with E-state index < -0.39 is 0 Å². The van der Waals surface area contributed by atoms with Crippen LogP contribution in [0.5, 0.6) is 0 Å². The summed E-state index contributed by atoms with van der Waals surface area (Å²) in [5, 5.41) is 3.07. The van der Waals surface area contributed by atoms with Crippen LogP contribution in [-0.2, 0) is 16.1 Å². The Bertz CT molecular complexity index is 636. The molecule has 1 aliphatic heterocycles. The summed E-state index contributed by atoms with van der Waals surface area (Å²) in [7, 11) is 0. The first-order valence-corrected chi connectivity index (χ1v) is 10.7. The smallest absolute Gasteiger partial charge is 0.238 e. The molecule has 6 heteroatoms. The third kappa shape index (κ3) is 5.60. The van der Waals surface area contributed by atoms with E-state index in [0.717, 1.165) is 31.7 Å². The van der Waals surface area contributed by atoms with Crippen molar-refractivity contribution in [3.05, 3.63) is 24.2 Å². The van der Waals surface area contributed by atoms with Gasteiger partial charge in [0.15, 0.2) is 0 Å². The zero-order chi connectivity index (χ0) is 20.1. The normalized spacial score (nSPS) is 20.3. The molecule has 0 radical (unpaired) electrons. The minimum atomic E-state index is -0.0997. The minimum Gasteiger partial charge on any atom is -0.467 e. The topological polar surface area (TPSA) is 65.8 Å². The lowest BCUT2D eigenvalue weighted by molar-refractivity contribution is -0.136. The lowest BCUT2D eigenvalue weighted by Gasteiger charge is -2.41. The molecule has 1 atom stereocenters. The van der Waals surface area contributed by atoms with Crippen LogP contribution in [0.15, 0.2) is 22.8 Å². The molecular weight excluding hydrogens is 354 g/mol. The highest BCUT2D eigenvalue weighted by atomic mass is 16.3. The SMILES string of the molecule is CC(C)(C)CC(=O)N1CCN([C@@H](C(=O)NCc2ccco2)C2CCCC2)CC1. The van der Waals surface area contributed by atoms with Crippen molar-refractivity contribution in [2.24, 2.45) is 11.3 Å². The number of hydrogen-bond acceptors (Lipinski definition) is 4. The van der Waals surface area contributed by atoms with Crippen LogP contribution in [0.25, 0.3) is 0 Å². The van der Waals surface area contributed by atoms with Crippen LogP contribution in [0, 0.1) is 11.3 Å². The summed E-state index contributed by atoms with van der Waals surface area (Å²) in [6, 6.07) is 3.62. The molecule has 1 saturated carbocycles. The first-order chi connectivity index (χ1) is 13.3. The maximum Gasteiger partial charge on any atom is 0.238 e. The summed E-state index contributed by atoms with van der Waals surface area (Å²) in [5.74, 6) is 1.51. The molecule has 6 nitrogen and oxygen atoms in total. The zero-order valence-electron chi connectivity index (χ0n) is 17.6. The third-order valence-corrected chi connectivity index (χ3v) is 5.87. The fourth-order valence-electron chi connectivity index (χ4n) is 4.46. The summed E-state index contributed by atoms with van der Waals surface area (Å²) < 4.78 is 5.34. The van der Waals surface area contributed by atoms with Crippen molar-refractivity contribution in [1.82, 2.24) is 15.1 Å². The Morgan fingerprint density at radius 3 is 2.43 bits per heavy atom. The number of nitrogens with zero attached hydrogens (tertiary/aromatic N) is 2. The monoisotopic (exact) mass is 389 g/mol. The van der Waals surface area contributed by atoms with E-state index in [2.05, 4.69) is 31.0 Å². The predicted molar refractivity (Wildman–Crippen MR) is 109 cm³/mol. The molecule has 2 amide bonds. The lowest BCUT2D eigenvalue weighted by Crippen LogP contribution is -2.58. The standard InChI is InChI=1S/C22H35N3O3/c1-22(2,3)15-19(26)24-10-12-25(13-11-24)20(17-7-4-5-8-17)21(27)23-16-18-9-6-14-28-18/h6,9,14,17,20H,4-5,7-8,10-13,15-16H2,1-3H3,(H,23,27)/t20-/m1/s1. The van der Waals surface area contributed by atoms with Gasteiger partial charge in [-0.25, -0.2) is 0 Å². The number of piperazine rings is 1. The van der Waals surface area contributed by atoms with E-state index >= 15 is 0 Å². The van der Waals surface area contributed by atoms with Gasteiger partial charge in [0, 0.05) is 32.6 Å². The van der Waals surface area contributed by atoms with Crippen molar-refractivity contribution in [2.45, 2.75) is 65.5 Å². The molecule has 1 N–H and O–H groups in total. The van der Waals surface area contributed by atoms with E-state index in [0.29, 0.717) is 32.0 Å². The Morgan fingerprint density at radius 1 is 1.18 bits per heavy atom. The molecule has 2 aliphatic rings. The first kappa shape index (κ1) is 20.9. The van der Waals surface area contributed by atoms with Crippen molar-refractivity contribution in [3.8, 4) is 0 Å². The summed E-state index contributed by atoms with van der Waals surface area (Å²) >= 11 is 0. The minimum absolute atomic E-state index is 0.00629. The highest BCUT2D eigenvalue weighted by molar-refractivity contribution is 5.82. The van der Waals surface area contributed by atoms with Gasteiger partial charge in [-0.2, -0.15) is 0 Å². The van der Waals surface area contributed by atoms with Crippen molar-refractivity contribution in [3.63, 3.8) is 0 Å². The third-order valence-electron chi connectivity index (χ3n) is 5.87. The van der Waals surface area contributed by atoms with Gasteiger partial charge in [-0.05, 0) is 36.3 Å². The zero-order valence-corrected chi connectivity index (χ0v) is 17.6. The molecular formula is C22H35N3O3. The average Bonchev–Trinajstić information content (AvgIpc) is 3.33. The van der Waals surface area contributed by atoms with Crippen molar-refractivity contribution < 1.29 is 14.0 Å². The number of amides is 2. The van der Waals surface area contributed by atoms with E-state index in [9.17, 15) is 9.59 Å². The fraction of sp³-hybridized carbons (Fsp3) is 0.727. The predicted octanol–water partition coefficient (Wildman–Crippen LogP) is 3.04. The number of hydrogen-bond donors (Lipinski definition) is 1. The van der Waals surface area contributed by atoms with Crippen LogP contribution < -0.4 is 5.32 Å². The van der Waals surface area contributed by atoms with E-state index in [4.69, 9.17) is 4.42 Å². The van der Waals surface area contributed by atoms with Crippen LogP contribution in [0.1, 0.15) is 58.6 Å². The van der Waals surface area contributed by atoms with Gasteiger partial charge >= 0.3 is 0 Å². The number of furan rings is 1. The maximum atomic E-state index is 13.1. The Morgan fingerprint density at radius 2 is 1.86 bits per heavy atom. The Labute approximate surface area is 168 Å². The summed E-state index contributed by atoms with van der Waals surface area (Å²) in [6.07, 6.45) is 6.84. The summed E-state index contributed by atoms with van der Waals surface area (Å²) in [6.45, 7) is 9.69.